The number of halogens is 1. The molecule has 2 aromatic rings. The number of carbonyl (C=O) groups excluding carboxylic acids is 2. The summed E-state index contributed by atoms with van der Waals surface area (Å²) >= 11 is 3.39. The van der Waals surface area contributed by atoms with E-state index in [0.717, 1.165) is 48.5 Å². The van der Waals surface area contributed by atoms with Gasteiger partial charge in [0.15, 0.2) is 0 Å². The van der Waals surface area contributed by atoms with Gasteiger partial charge in [0, 0.05) is 55.5 Å². The van der Waals surface area contributed by atoms with Gasteiger partial charge in [0.2, 0.25) is 5.91 Å². The summed E-state index contributed by atoms with van der Waals surface area (Å²) in [6.45, 7) is 5.04. The Bertz CT molecular complexity index is 911. The highest BCUT2D eigenvalue weighted by Gasteiger charge is 2.34. The van der Waals surface area contributed by atoms with Crippen LogP contribution in [0.2, 0.25) is 0 Å². The number of likely N-dealkylation sites (tertiary alicyclic amines) is 1. The molecule has 1 atom stereocenters. The van der Waals surface area contributed by atoms with Gasteiger partial charge >= 0.3 is 0 Å². The number of rotatable bonds is 5. The molecule has 0 aliphatic carbocycles. The van der Waals surface area contributed by atoms with Crippen LogP contribution in [0.15, 0.2) is 47.1 Å². The summed E-state index contributed by atoms with van der Waals surface area (Å²) in [6.07, 6.45) is 3.35. The molecule has 1 aromatic heterocycles. The Hall–Kier alpha value is -2.45. The van der Waals surface area contributed by atoms with Gasteiger partial charge in [-0.2, -0.15) is 0 Å². The van der Waals surface area contributed by atoms with Crippen molar-refractivity contribution in [2.24, 2.45) is 0 Å². The van der Waals surface area contributed by atoms with Crippen LogP contribution >= 0.6 is 15.9 Å². The molecule has 2 aliphatic heterocycles. The van der Waals surface area contributed by atoms with Gasteiger partial charge < -0.3 is 20.0 Å². The molecular formula is C23H28BrN5O2. The molecule has 1 N–H and O–H groups in total. The summed E-state index contributed by atoms with van der Waals surface area (Å²) in [7, 11) is 2.13. The highest BCUT2D eigenvalue weighted by atomic mass is 79.9. The molecule has 164 valence electrons. The van der Waals surface area contributed by atoms with Crippen LogP contribution in [-0.4, -0.2) is 72.4 Å². The highest BCUT2D eigenvalue weighted by Crippen LogP contribution is 2.22. The number of amides is 2. The SMILES string of the molecule is CN1CCN(c2ccc(CNC(=O)C3CCCN3C(=O)c3ccc(Br)cc3)cn2)CC1. The van der Waals surface area contributed by atoms with Crippen LogP contribution in [0.5, 0.6) is 0 Å². The topological polar surface area (TPSA) is 68.8 Å². The van der Waals surface area contributed by atoms with E-state index in [1.807, 2.05) is 30.5 Å². The second-order valence-corrected chi connectivity index (χ2v) is 9.11. The number of piperazine rings is 1. The number of aromatic nitrogens is 1. The van der Waals surface area contributed by atoms with Crippen molar-refractivity contribution in [3.05, 3.63) is 58.2 Å². The number of anilines is 1. The van der Waals surface area contributed by atoms with Crippen molar-refractivity contribution in [2.75, 3.05) is 44.7 Å². The Morgan fingerprint density at radius 1 is 1.06 bits per heavy atom. The number of hydrogen-bond donors (Lipinski definition) is 1. The minimum Gasteiger partial charge on any atom is -0.354 e. The fourth-order valence-electron chi connectivity index (χ4n) is 4.09. The molecule has 0 bridgehead atoms. The molecule has 2 aliphatic rings. The quantitative estimate of drug-likeness (QED) is 0.704. The standard InChI is InChI=1S/C23H28BrN5O2/c1-27-11-13-28(14-12-27)21-9-4-17(15-25-21)16-26-22(30)20-3-2-10-29(20)23(31)18-5-7-19(24)8-6-18/h4-9,15,20H,2-3,10-14,16H2,1H3,(H,26,30). The molecule has 1 unspecified atom stereocenters. The van der Waals surface area contributed by atoms with Crippen molar-refractivity contribution in [3.8, 4) is 0 Å². The highest BCUT2D eigenvalue weighted by molar-refractivity contribution is 9.10. The van der Waals surface area contributed by atoms with Gasteiger partial charge in [-0.05, 0) is 55.8 Å². The molecule has 2 fully saturated rings. The number of pyridine rings is 1. The molecule has 3 heterocycles. The molecule has 7 nitrogen and oxygen atoms in total. The van der Waals surface area contributed by atoms with Crippen molar-refractivity contribution in [1.29, 1.82) is 0 Å². The van der Waals surface area contributed by atoms with Crippen LogP contribution in [0.4, 0.5) is 5.82 Å². The number of likely N-dealkylation sites (N-methyl/N-ethyl adjacent to an activating group) is 1. The molecule has 2 amide bonds. The number of hydrogen-bond acceptors (Lipinski definition) is 5. The molecule has 31 heavy (non-hydrogen) atoms. The lowest BCUT2D eigenvalue weighted by Crippen LogP contribution is -2.45. The maximum absolute atomic E-state index is 12.9. The third-order valence-electron chi connectivity index (χ3n) is 6.01. The Morgan fingerprint density at radius 3 is 2.48 bits per heavy atom. The van der Waals surface area contributed by atoms with E-state index in [4.69, 9.17) is 0 Å². The van der Waals surface area contributed by atoms with Crippen molar-refractivity contribution >= 4 is 33.6 Å². The summed E-state index contributed by atoms with van der Waals surface area (Å²) in [5.74, 6) is 0.777. The van der Waals surface area contributed by atoms with Gasteiger partial charge in [-0.15, -0.1) is 0 Å². The maximum atomic E-state index is 12.9. The summed E-state index contributed by atoms with van der Waals surface area (Å²) in [5, 5.41) is 2.99. The average molecular weight is 486 g/mol. The average Bonchev–Trinajstić information content (AvgIpc) is 3.28. The zero-order valence-corrected chi connectivity index (χ0v) is 19.3. The van der Waals surface area contributed by atoms with E-state index >= 15 is 0 Å². The molecule has 0 saturated carbocycles. The lowest BCUT2D eigenvalue weighted by Gasteiger charge is -2.33. The zero-order valence-electron chi connectivity index (χ0n) is 17.8. The predicted octanol–water partition coefficient (Wildman–Crippen LogP) is 2.52. The second-order valence-electron chi connectivity index (χ2n) is 8.20. The Kier molecular flexibility index (Phi) is 6.87. The van der Waals surface area contributed by atoms with Crippen molar-refractivity contribution in [3.63, 3.8) is 0 Å². The minimum absolute atomic E-state index is 0.0941. The van der Waals surface area contributed by atoms with E-state index in [2.05, 4.69) is 43.1 Å². The van der Waals surface area contributed by atoms with Crippen LogP contribution in [-0.2, 0) is 11.3 Å². The lowest BCUT2D eigenvalue weighted by atomic mass is 10.1. The summed E-state index contributed by atoms with van der Waals surface area (Å²) < 4.78 is 0.923. The van der Waals surface area contributed by atoms with Gasteiger partial charge in [0.1, 0.15) is 11.9 Å². The van der Waals surface area contributed by atoms with Crippen LogP contribution in [0.1, 0.15) is 28.8 Å². The first-order valence-corrected chi connectivity index (χ1v) is 11.5. The smallest absolute Gasteiger partial charge is 0.254 e. The molecule has 0 radical (unpaired) electrons. The first kappa shape index (κ1) is 21.8. The van der Waals surface area contributed by atoms with E-state index in [9.17, 15) is 9.59 Å². The molecule has 1 aromatic carbocycles. The van der Waals surface area contributed by atoms with Crippen LogP contribution in [0, 0.1) is 0 Å². The monoisotopic (exact) mass is 485 g/mol. The van der Waals surface area contributed by atoms with Crippen molar-refractivity contribution in [2.45, 2.75) is 25.4 Å². The Balaban J connectivity index is 1.32. The molecule has 4 rings (SSSR count). The Morgan fingerprint density at radius 2 is 1.81 bits per heavy atom. The lowest BCUT2D eigenvalue weighted by molar-refractivity contribution is -0.125. The van der Waals surface area contributed by atoms with Crippen molar-refractivity contribution < 1.29 is 9.59 Å². The molecule has 2 saturated heterocycles. The number of nitrogens with zero attached hydrogens (tertiary/aromatic N) is 4. The Labute approximate surface area is 191 Å². The number of nitrogens with one attached hydrogen (secondary N) is 1. The van der Waals surface area contributed by atoms with Gasteiger partial charge in [0.25, 0.3) is 5.91 Å². The summed E-state index contributed by atoms with van der Waals surface area (Å²) in [5.41, 5.74) is 1.56. The molecular weight excluding hydrogens is 458 g/mol. The number of benzene rings is 1. The van der Waals surface area contributed by atoms with Gasteiger partial charge in [-0.3, -0.25) is 9.59 Å². The normalized spacial score (nSPS) is 19.5. The predicted molar refractivity (Wildman–Crippen MR) is 124 cm³/mol. The van der Waals surface area contributed by atoms with Crippen LogP contribution in [0.25, 0.3) is 0 Å². The third kappa shape index (κ3) is 5.25. The molecule has 8 heteroatoms. The van der Waals surface area contributed by atoms with E-state index in [-0.39, 0.29) is 11.8 Å². The third-order valence-corrected chi connectivity index (χ3v) is 6.54. The first-order valence-electron chi connectivity index (χ1n) is 10.7. The maximum Gasteiger partial charge on any atom is 0.254 e. The van der Waals surface area contributed by atoms with Crippen molar-refractivity contribution in [1.82, 2.24) is 20.1 Å². The van der Waals surface area contributed by atoms with E-state index < -0.39 is 6.04 Å². The van der Waals surface area contributed by atoms with Gasteiger partial charge in [-0.25, -0.2) is 4.98 Å². The van der Waals surface area contributed by atoms with Gasteiger partial charge in [0.05, 0.1) is 0 Å². The largest absolute Gasteiger partial charge is 0.354 e. The minimum atomic E-state index is -0.422. The summed E-state index contributed by atoms with van der Waals surface area (Å²) in [6, 6.07) is 10.9. The summed E-state index contributed by atoms with van der Waals surface area (Å²) in [4.78, 5) is 36.6. The van der Waals surface area contributed by atoms with Crippen LogP contribution < -0.4 is 10.2 Å². The fraction of sp³-hybridized carbons (Fsp3) is 0.435. The van der Waals surface area contributed by atoms with E-state index in [1.165, 1.54) is 0 Å². The first-order chi connectivity index (χ1) is 15.0. The van der Waals surface area contributed by atoms with E-state index in [0.29, 0.717) is 25.1 Å². The van der Waals surface area contributed by atoms with Gasteiger partial charge in [-0.1, -0.05) is 22.0 Å². The fourth-order valence-corrected chi connectivity index (χ4v) is 4.36. The van der Waals surface area contributed by atoms with Crippen LogP contribution in [0.3, 0.4) is 0 Å². The van der Waals surface area contributed by atoms with E-state index in [1.54, 1.807) is 17.0 Å². The molecule has 0 spiro atoms. The zero-order chi connectivity index (χ0) is 21.8. The second kappa shape index (κ2) is 9.78. The number of carbonyl (C=O) groups is 2.